The molecule has 0 amide bonds. The van der Waals surface area contributed by atoms with Gasteiger partial charge in [-0.15, -0.1) is 11.8 Å². The Labute approximate surface area is 116 Å². The number of hydrogen-bond donors (Lipinski definition) is 3. The lowest BCUT2D eigenvalue weighted by atomic mass is 10.1. The average Bonchev–Trinajstić information content (AvgIpc) is 2.83. The third kappa shape index (κ3) is 2.56. The van der Waals surface area contributed by atoms with E-state index in [0.29, 0.717) is 0 Å². The highest BCUT2D eigenvalue weighted by Gasteiger charge is 2.23. The van der Waals surface area contributed by atoms with Gasteiger partial charge in [0.2, 0.25) is 0 Å². The van der Waals surface area contributed by atoms with Crippen LogP contribution in [0.4, 0.5) is 0 Å². The maximum atomic E-state index is 11.6. The van der Waals surface area contributed by atoms with Crippen molar-refractivity contribution in [2.45, 2.75) is 31.0 Å². The molecule has 0 saturated carbocycles. The monoisotopic (exact) mass is 275 g/mol. The number of rotatable bonds is 3. The van der Waals surface area contributed by atoms with Crippen molar-refractivity contribution < 1.29 is 0 Å². The van der Waals surface area contributed by atoms with Crippen molar-refractivity contribution >= 4 is 11.8 Å². The zero-order chi connectivity index (χ0) is 13.2. The Morgan fingerprint density at radius 2 is 1.95 bits per heavy atom. The van der Waals surface area contributed by atoms with Gasteiger partial charge < -0.3 is 15.6 Å². The molecular weight excluding hydrogens is 258 g/mol. The number of nitrogens with one attached hydrogen (secondary N) is 3. The summed E-state index contributed by atoms with van der Waals surface area (Å²) in [6.45, 7) is 1.87. The van der Waals surface area contributed by atoms with Gasteiger partial charge in [-0.05, 0) is 19.8 Å². The van der Waals surface area contributed by atoms with Crippen LogP contribution in [0.5, 0.6) is 0 Å². The Kier molecular flexibility index (Phi) is 3.38. The van der Waals surface area contributed by atoms with Crippen LogP contribution >= 0.6 is 11.8 Å². The summed E-state index contributed by atoms with van der Waals surface area (Å²) in [5.41, 5.74) is 4.51. The zero-order valence-electron chi connectivity index (χ0n) is 10.8. The molecule has 4 nitrogen and oxygen atoms in total. The first-order valence-electron chi connectivity index (χ1n) is 6.46. The van der Waals surface area contributed by atoms with Crippen LogP contribution < -0.4 is 16.1 Å². The van der Waals surface area contributed by atoms with Crippen LogP contribution in [0.25, 0.3) is 0 Å². The van der Waals surface area contributed by atoms with E-state index in [-0.39, 0.29) is 10.9 Å². The quantitative estimate of drug-likeness (QED) is 0.789. The molecule has 0 spiro atoms. The van der Waals surface area contributed by atoms with Gasteiger partial charge in [0, 0.05) is 29.3 Å². The number of fused-ring (bicyclic) bond motifs is 1. The predicted molar refractivity (Wildman–Crippen MR) is 78.6 cm³/mol. The van der Waals surface area contributed by atoms with Crippen LogP contribution in [0, 0.1) is 6.92 Å². The second-order valence-corrected chi connectivity index (χ2v) is 5.83. The Balaban J connectivity index is 1.65. The van der Waals surface area contributed by atoms with Crippen molar-refractivity contribution in [1.82, 2.24) is 15.6 Å². The normalized spacial score (nSPS) is 18.2. The molecule has 2 heterocycles. The van der Waals surface area contributed by atoms with Crippen LogP contribution in [0.3, 0.4) is 0 Å². The van der Waals surface area contributed by atoms with E-state index in [1.807, 2.05) is 6.92 Å². The number of allylic oxidation sites excluding steroid dienone is 2. The molecule has 0 unspecified atom stereocenters. The van der Waals surface area contributed by atoms with Gasteiger partial charge in [0.25, 0.3) is 0 Å². The number of aromatic nitrogens is 1. The standard InChI is InChI=1S/C14H17N3OS/c1-9-12(15-7-6-13(9)18)8-19-14-16-10-4-2-3-5-11(10)17-14/h4-7,14,16-17H,2-3,8H2,1H3,(H,15,18). The van der Waals surface area contributed by atoms with Crippen molar-refractivity contribution in [1.29, 1.82) is 0 Å². The lowest BCUT2D eigenvalue weighted by Gasteiger charge is -2.11. The summed E-state index contributed by atoms with van der Waals surface area (Å²) in [4.78, 5) is 14.7. The van der Waals surface area contributed by atoms with Gasteiger partial charge in [0.1, 0.15) is 5.50 Å². The van der Waals surface area contributed by atoms with E-state index in [2.05, 4.69) is 27.8 Å². The summed E-state index contributed by atoms with van der Waals surface area (Å²) in [5.74, 6) is 0.785. The smallest absolute Gasteiger partial charge is 0.184 e. The topological polar surface area (TPSA) is 56.9 Å². The van der Waals surface area contributed by atoms with Crippen molar-refractivity contribution in [2.24, 2.45) is 0 Å². The van der Waals surface area contributed by atoms with Crippen molar-refractivity contribution in [3.05, 3.63) is 57.3 Å². The molecule has 2 aliphatic rings. The van der Waals surface area contributed by atoms with E-state index in [0.717, 1.165) is 29.9 Å². The fraction of sp³-hybridized carbons (Fsp3) is 0.357. The molecule has 0 bridgehead atoms. The minimum Gasteiger partial charge on any atom is -0.364 e. The fourth-order valence-electron chi connectivity index (χ4n) is 2.27. The van der Waals surface area contributed by atoms with Crippen LogP contribution in [0.1, 0.15) is 24.1 Å². The molecule has 0 aromatic carbocycles. The molecule has 3 rings (SSSR count). The predicted octanol–water partition coefficient (Wildman–Crippen LogP) is 1.95. The number of hydrogen-bond acceptors (Lipinski definition) is 4. The second-order valence-electron chi connectivity index (χ2n) is 4.74. The van der Waals surface area contributed by atoms with Crippen molar-refractivity contribution in [3.63, 3.8) is 0 Å². The van der Waals surface area contributed by atoms with E-state index in [4.69, 9.17) is 0 Å². The van der Waals surface area contributed by atoms with E-state index < -0.39 is 0 Å². The number of H-pyrrole nitrogens is 1. The fourth-order valence-corrected chi connectivity index (χ4v) is 3.32. The first-order chi connectivity index (χ1) is 9.24. The van der Waals surface area contributed by atoms with Crippen LogP contribution in [-0.4, -0.2) is 10.5 Å². The van der Waals surface area contributed by atoms with Gasteiger partial charge in [-0.1, -0.05) is 12.2 Å². The van der Waals surface area contributed by atoms with Crippen LogP contribution in [-0.2, 0) is 5.75 Å². The van der Waals surface area contributed by atoms with Gasteiger partial charge >= 0.3 is 0 Å². The number of thioether (sulfide) groups is 1. The molecule has 1 saturated heterocycles. The second kappa shape index (κ2) is 5.17. The highest BCUT2D eigenvalue weighted by molar-refractivity contribution is 7.99. The number of pyridine rings is 1. The zero-order valence-corrected chi connectivity index (χ0v) is 11.6. The van der Waals surface area contributed by atoms with E-state index in [1.165, 1.54) is 11.4 Å². The largest absolute Gasteiger partial charge is 0.364 e. The van der Waals surface area contributed by atoms with Gasteiger partial charge in [-0.25, -0.2) is 0 Å². The molecular formula is C14H17N3OS. The van der Waals surface area contributed by atoms with Gasteiger partial charge in [0.05, 0.1) is 11.4 Å². The molecule has 1 aromatic rings. The summed E-state index contributed by atoms with van der Waals surface area (Å²) in [6.07, 6.45) is 8.40. The summed E-state index contributed by atoms with van der Waals surface area (Å²) in [6, 6.07) is 1.57. The van der Waals surface area contributed by atoms with Gasteiger partial charge in [0.15, 0.2) is 5.43 Å². The Morgan fingerprint density at radius 3 is 2.63 bits per heavy atom. The minimum atomic E-state index is 0.0979. The summed E-state index contributed by atoms with van der Waals surface area (Å²) in [7, 11) is 0. The molecule has 100 valence electrons. The van der Waals surface area contributed by atoms with Gasteiger partial charge in [-0.3, -0.25) is 4.79 Å². The van der Waals surface area contributed by atoms with Crippen LogP contribution in [0.15, 0.2) is 40.6 Å². The maximum Gasteiger partial charge on any atom is 0.184 e. The first kappa shape index (κ1) is 12.4. The summed E-state index contributed by atoms with van der Waals surface area (Å²) < 4.78 is 0. The average molecular weight is 275 g/mol. The third-order valence-corrected chi connectivity index (χ3v) is 4.46. The molecule has 1 aromatic heterocycles. The molecule has 5 heteroatoms. The Morgan fingerprint density at radius 1 is 1.26 bits per heavy atom. The summed E-state index contributed by atoms with van der Waals surface area (Å²) >= 11 is 1.75. The Hall–Kier alpha value is -1.62. The highest BCUT2D eigenvalue weighted by Crippen LogP contribution is 2.25. The Bertz CT molecular complexity index is 581. The van der Waals surface area contributed by atoms with Crippen LogP contribution in [0.2, 0.25) is 0 Å². The van der Waals surface area contributed by atoms with Gasteiger partial charge in [-0.2, -0.15) is 0 Å². The van der Waals surface area contributed by atoms with E-state index >= 15 is 0 Å². The lowest BCUT2D eigenvalue weighted by molar-refractivity contribution is 0.773. The highest BCUT2D eigenvalue weighted by atomic mass is 32.2. The minimum absolute atomic E-state index is 0.0979. The molecule has 0 atom stereocenters. The molecule has 1 fully saturated rings. The summed E-state index contributed by atoms with van der Waals surface area (Å²) in [5, 5.41) is 6.90. The maximum absolute atomic E-state index is 11.6. The van der Waals surface area contributed by atoms with Crippen molar-refractivity contribution in [2.75, 3.05) is 0 Å². The number of aromatic amines is 1. The molecule has 0 radical (unpaired) electrons. The van der Waals surface area contributed by atoms with E-state index in [9.17, 15) is 4.79 Å². The molecule has 3 N–H and O–H groups in total. The lowest BCUT2D eigenvalue weighted by Crippen LogP contribution is -2.26. The molecule has 19 heavy (non-hydrogen) atoms. The van der Waals surface area contributed by atoms with E-state index in [1.54, 1.807) is 24.0 Å². The molecule has 1 aliphatic heterocycles. The first-order valence-corrected chi connectivity index (χ1v) is 7.51. The van der Waals surface area contributed by atoms with Crippen molar-refractivity contribution in [3.8, 4) is 0 Å². The molecule has 1 aliphatic carbocycles. The SMILES string of the molecule is Cc1c(CSC2NC3=CCCC=C3N2)[nH]ccc1=O. The third-order valence-electron chi connectivity index (χ3n) is 3.44.